The van der Waals surface area contributed by atoms with Crippen molar-refractivity contribution in [2.75, 3.05) is 0 Å². The average Bonchev–Trinajstić information content (AvgIpc) is 1.59. The Kier molecular flexibility index (Phi) is 5.47. The molecule has 1 rings (SSSR count). The molecule has 0 radical (unpaired) electrons. The number of hydrogen-bond acceptors (Lipinski definition) is 3. The van der Waals surface area contributed by atoms with Gasteiger partial charge in [-0.25, -0.2) is 0 Å². The number of halogens is 3. The first kappa shape index (κ1) is 11.1. The van der Waals surface area contributed by atoms with Gasteiger partial charge in [-0.05, 0) is 34.8 Å². The van der Waals surface area contributed by atoms with E-state index in [4.69, 9.17) is 34.8 Å². The second kappa shape index (κ2) is 4.91. The van der Waals surface area contributed by atoms with Crippen LogP contribution in [0.15, 0.2) is 0 Å². The standard InChI is InChI=1S/C3Cl3N3.Ca.2H/c4-1-7-2(5)9-3(6)8-1;;;/q;+2;2*-1. The molecule has 3 nitrogen and oxygen atoms in total. The van der Waals surface area contributed by atoms with Crippen molar-refractivity contribution in [3.63, 3.8) is 0 Å². The summed E-state index contributed by atoms with van der Waals surface area (Å²) in [7, 11) is 0. The minimum atomic E-state index is 0. The van der Waals surface area contributed by atoms with Crippen molar-refractivity contribution in [1.82, 2.24) is 15.0 Å². The molecule has 1 aromatic rings. The molecule has 0 aromatic carbocycles. The molecular formula is C3H2CaCl3N3. The van der Waals surface area contributed by atoms with Crippen molar-refractivity contribution in [3.05, 3.63) is 15.9 Å². The third kappa shape index (κ3) is 3.51. The molecule has 7 heteroatoms. The predicted molar refractivity (Wildman–Crippen MR) is 42.8 cm³/mol. The predicted octanol–water partition coefficient (Wildman–Crippen LogP) is 1.68. The first-order valence-corrected chi connectivity index (χ1v) is 3.04. The number of aromatic nitrogens is 3. The van der Waals surface area contributed by atoms with Crippen LogP contribution in [0.5, 0.6) is 0 Å². The molecule has 0 saturated heterocycles. The molecule has 1 heterocycles. The third-order valence-electron chi connectivity index (χ3n) is 0.554. The number of rotatable bonds is 0. The van der Waals surface area contributed by atoms with E-state index in [-0.39, 0.29) is 56.4 Å². The van der Waals surface area contributed by atoms with E-state index in [1.807, 2.05) is 0 Å². The maximum Gasteiger partial charge on any atom is 2.00 e. The van der Waals surface area contributed by atoms with Crippen LogP contribution in [0.4, 0.5) is 0 Å². The monoisotopic (exact) mass is 225 g/mol. The maximum atomic E-state index is 5.32. The van der Waals surface area contributed by atoms with Crippen LogP contribution in [0.25, 0.3) is 0 Å². The van der Waals surface area contributed by atoms with Gasteiger partial charge < -0.3 is 2.85 Å². The Hall–Kier alpha value is 1.14. The minimum absolute atomic E-state index is 0. The number of hydrogen-bond donors (Lipinski definition) is 0. The van der Waals surface area contributed by atoms with Gasteiger partial charge in [0, 0.05) is 0 Å². The summed E-state index contributed by atoms with van der Waals surface area (Å²) in [5, 5.41) is 0.00000000000000178. The minimum Gasteiger partial charge on any atom is -1.00 e. The molecular weight excluding hydrogens is 224 g/mol. The van der Waals surface area contributed by atoms with Crippen LogP contribution in [-0.2, 0) is 0 Å². The van der Waals surface area contributed by atoms with E-state index < -0.39 is 0 Å². The van der Waals surface area contributed by atoms with Crippen LogP contribution in [-0.4, -0.2) is 52.7 Å². The Balaban J connectivity index is -0.000000270. The van der Waals surface area contributed by atoms with Gasteiger partial charge in [-0.1, -0.05) is 0 Å². The van der Waals surface area contributed by atoms with Gasteiger partial charge in [0.1, 0.15) is 0 Å². The van der Waals surface area contributed by atoms with Gasteiger partial charge in [0.05, 0.1) is 0 Å². The molecule has 0 amide bonds. The average molecular weight is 227 g/mol. The zero-order valence-electron chi connectivity index (χ0n) is 6.68. The fraction of sp³-hybridized carbons (Fsp3) is 0. The van der Waals surface area contributed by atoms with Gasteiger partial charge in [-0.3, -0.25) is 0 Å². The second-order valence-electron chi connectivity index (χ2n) is 1.14. The molecule has 0 atom stereocenters. The summed E-state index contributed by atoms with van der Waals surface area (Å²) in [5.41, 5.74) is 0. The summed E-state index contributed by atoms with van der Waals surface area (Å²) in [6, 6.07) is 0. The first-order valence-electron chi connectivity index (χ1n) is 1.91. The van der Waals surface area contributed by atoms with Crippen LogP contribution in [0, 0.1) is 0 Å². The Morgan fingerprint density at radius 1 is 0.800 bits per heavy atom. The van der Waals surface area contributed by atoms with Crippen LogP contribution in [0.2, 0.25) is 15.9 Å². The van der Waals surface area contributed by atoms with Crippen molar-refractivity contribution in [2.24, 2.45) is 0 Å². The molecule has 0 unspecified atom stereocenters. The Labute approximate surface area is 105 Å². The largest absolute Gasteiger partial charge is 2.00 e. The van der Waals surface area contributed by atoms with Gasteiger partial charge in [-0.2, -0.15) is 15.0 Å². The normalized spacial score (nSPS) is 8.70. The van der Waals surface area contributed by atoms with Crippen LogP contribution in [0.3, 0.4) is 0 Å². The molecule has 1 aromatic heterocycles. The number of nitrogens with zero attached hydrogens (tertiary/aromatic N) is 3. The van der Waals surface area contributed by atoms with Crippen molar-refractivity contribution in [1.29, 1.82) is 0 Å². The van der Waals surface area contributed by atoms with E-state index >= 15 is 0 Å². The van der Waals surface area contributed by atoms with Crippen molar-refractivity contribution < 1.29 is 2.85 Å². The molecule has 0 spiro atoms. The summed E-state index contributed by atoms with van der Waals surface area (Å²) in [6.07, 6.45) is 0. The van der Waals surface area contributed by atoms with Crippen molar-refractivity contribution in [2.45, 2.75) is 0 Å². The fourth-order valence-electron chi connectivity index (χ4n) is 0.303. The van der Waals surface area contributed by atoms with Crippen LogP contribution >= 0.6 is 34.8 Å². The Morgan fingerprint density at radius 3 is 1.20 bits per heavy atom. The Morgan fingerprint density at radius 2 is 1.00 bits per heavy atom. The maximum absolute atomic E-state index is 5.32. The molecule has 52 valence electrons. The SMILES string of the molecule is Clc1nc(Cl)nc(Cl)n1.[Ca+2].[H-].[H-]. The molecule has 0 aliphatic rings. The quantitative estimate of drug-likeness (QED) is 0.632. The molecule has 0 saturated carbocycles. The summed E-state index contributed by atoms with van der Waals surface area (Å²) in [4.78, 5) is 10.4. The molecule has 0 aliphatic carbocycles. The van der Waals surface area contributed by atoms with Crippen molar-refractivity contribution >= 4 is 72.5 Å². The van der Waals surface area contributed by atoms with E-state index in [0.29, 0.717) is 0 Å². The van der Waals surface area contributed by atoms with Gasteiger partial charge in [-0.15, -0.1) is 0 Å². The van der Waals surface area contributed by atoms with Gasteiger partial charge in [0.2, 0.25) is 15.9 Å². The second-order valence-corrected chi connectivity index (χ2v) is 2.16. The third-order valence-corrected chi connectivity index (χ3v) is 1.06. The molecule has 10 heavy (non-hydrogen) atoms. The van der Waals surface area contributed by atoms with Gasteiger partial charge in [0.15, 0.2) is 0 Å². The van der Waals surface area contributed by atoms with E-state index in [0.717, 1.165) is 0 Å². The van der Waals surface area contributed by atoms with Gasteiger partial charge >= 0.3 is 37.7 Å². The smallest absolute Gasteiger partial charge is 1.00 e. The van der Waals surface area contributed by atoms with Crippen molar-refractivity contribution in [3.8, 4) is 0 Å². The fourth-order valence-corrected chi connectivity index (χ4v) is 0.913. The Bertz CT molecular complexity index is 188. The summed E-state index contributed by atoms with van der Waals surface area (Å²) in [5.74, 6) is 0. The molecule has 0 N–H and O–H groups in total. The topological polar surface area (TPSA) is 38.7 Å². The summed E-state index contributed by atoms with van der Waals surface area (Å²) >= 11 is 16.0. The van der Waals surface area contributed by atoms with E-state index in [9.17, 15) is 0 Å². The zero-order chi connectivity index (χ0) is 6.85. The molecule has 0 bridgehead atoms. The zero-order valence-corrected chi connectivity index (χ0v) is 9.16. The summed E-state index contributed by atoms with van der Waals surface area (Å²) < 4.78 is 0. The molecule has 0 fully saturated rings. The van der Waals surface area contributed by atoms with Crippen LogP contribution < -0.4 is 0 Å². The molecule has 0 aliphatic heterocycles. The van der Waals surface area contributed by atoms with Crippen LogP contribution in [0.1, 0.15) is 2.85 Å². The van der Waals surface area contributed by atoms with Gasteiger partial charge in [0.25, 0.3) is 0 Å². The van der Waals surface area contributed by atoms with E-state index in [1.54, 1.807) is 0 Å². The first-order chi connectivity index (χ1) is 4.18. The summed E-state index contributed by atoms with van der Waals surface area (Å²) in [6.45, 7) is 0. The van der Waals surface area contributed by atoms with E-state index in [2.05, 4.69) is 15.0 Å². The van der Waals surface area contributed by atoms with E-state index in [1.165, 1.54) is 0 Å².